The van der Waals surface area contributed by atoms with Gasteiger partial charge in [0.25, 0.3) is 5.56 Å². The number of fused-ring (bicyclic) bond motifs is 2. The van der Waals surface area contributed by atoms with Crippen molar-refractivity contribution in [1.82, 2.24) is 9.55 Å². The van der Waals surface area contributed by atoms with E-state index in [4.69, 9.17) is 4.74 Å². The monoisotopic (exact) mass is 346 g/mol. The zero-order valence-corrected chi connectivity index (χ0v) is 14.3. The molecule has 0 unspecified atom stereocenters. The van der Waals surface area contributed by atoms with E-state index in [0.717, 1.165) is 31.5 Å². The van der Waals surface area contributed by atoms with Crippen LogP contribution < -0.4 is 5.56 Å². The van der Waals surface area contributed by atoms with E-state index in [9.17, 15) is 14.4 Å². The number of ether oxygens (including phenoxy) is 1. The topological polar surface area (TPSA) is 78.3 Å². The van der Waals surface area contributed by atoms with E-state index in [1.807, 2.05) is 0 Å². The molecule has 7 heteroatoms. The Bertz CT molecular complexity index is 911. The molecule has 2 aromatic heterocycles. The molecule has 24 heavy (non-hydrogen) atoms. The van der Waals surface area contributed by atoms with Crippen LogP contribution >= 0.6 is 11.3 Å². The fraction of sp³-hybridized carbons (Fsp3) is 0.529. The summed E-state index contributed by atoms with van der Waals surface area (Å²) in [5, 5.41) is 0.507. The van der Waals surface area contributed by atoms with Crippen LogP contribution in [-0.4, -0.2) is 27.4 Å². The van der Waals surface area contributed by atoms with Crippen molar-refractivity contribution in [3.63, 3.8) is 0 Å². The molecule has 4 rings (SSSR count). The maximum atomic E-state index is 12.6. The second-order valence-corrected chi connectivity index (χ2v) is 7.43. The molecule has 0 bridgehead atoms. The molecule has 3 heterocycles. The van der Waals surface area contributed by atoms with Gasteiger partial charge in [-0.05, 0) is 38.2 Å². The second-order valence-electron chi connectivity index (χ2n) is 6.43. The number of esters is 1. The first-order valence-electron chi connectivity index (χ1n) is 8.33. The number of rotatable bonds is 2. The summed E-state index contributed by atoms with van der Waals surface area (Å²) in [6.07, 6.45) is 3.89. The first-order valence-corrected chi connectivity index (χ1v) is 9.14. The van der Waals surface area contributed by atoms with Crippen LogP contribution in [0.25, 0.3) is 10.2 Å². The highest BCUT2D eigenvalue weighted by molar-refractivity contribution is 7.20. The quantitative estimate of drug-likeness (QED) is 0.780. The Hall–Kier alpha value is -2.02. The zero-order valence-electron chi connectivity index (χ0n) is 13.5. The average molecular weight is 346 g/mol. The predicted molar refractivity (Wildman–Crippen MR) is 89.6 cm³/mol. The average Bonchev–Trinajstić information content (AvgIpc) is 3.15. The molecule has 0 aromatic carbocycles. The van der Waals surface area contributed by atoms with E-state index < -0.39 is 12.1 Å². The van der Waals surface area contributed by atoms with Gasteiger partial charge in [0, 0.05) is 19.4 Å². The smallest absolute Gasteiger partial charge is 0.349 e. The number of aryl methyl sites for hydroxylation is 2. The van der Waals surface area contributed by atoms with Crippen LogP contribution in [0.5, 0.6) is 0 Å². The van der Waals surface area contributed by atoms with Gasteiger partial charge in [0.1, 0.15) is 15.5 Å². The minimum absolute atomic E-state index is 0.00876. The van der Waals surface area contributed by atoms with E-state index in [0.29, 0.717) is 40.0 Å². The molecule has 0 saturated heterocycles. The van der Waals surface area contributed by atoms with Crippen LogP contribution in [0.4, 0.5) is 0 Å². The van der Waals surface area contributed by atoms with Gasteiger partial charge < -0.3 is 4.74 Å². The molecule has 1 atom stereocenters. The van der Waals surface area contributed by atoms with Crippen molar-refractivity contribution in [2.75, 3.05) is 0 Å². The molecule has 0 amide bonds. The van der Waals surface area contributed by atoms with Gasteiger partial charge in [-0.25, -0.2) is 9.78 Å². The summed E-state index contributed by atoms with van der Waals surface area (Å²) in [4.78, 5) is 42.5. The van der Waals surface area contributed by atoms with Gasteiger partial charge in [0.15, 0.2) is 11.9 Å². The lowest BCUT2D eigenvalue weighted by molar-refractivity contribution is -0.129. The normalized spacial score (nSPS) is 20.4. The number of thiophene rings is 1. The van der Waals surface area contributed by atoms with Crippen molar-refractivity contribution in [2.45, 2.75) is 58.1 Å². The molecule has 1 aliphatic carbocycles. The molecule has 1 aliphatic heterocycles. The second kappa shape index (κ2) is 5.81. The number of aromatic nitrogens is 2. The Morgan fingerprint density at radius 1 is 1.25 bits per heavy atom. The zero-order chi connectivity index (χ0) is 16.8. The summed E-state index contributed by atoms with van der Waals surface area (Å²) in [7, 11) is 0. The molecular weight excluding hydrogens is 328 g/mol. The lowest BCUT2D eigenvalue weighted by atomic mass is 9.96. The van der Waals surface area contributed by atoms with E-state index in [1.165, 1.54) is 11.3 Å². The fourth-order valence-corrected chi connectivity index (χ4v) is 4.60. The van der Waals surface area contributed by atoms with Gasteiger partial charge in [0.05, 0.1) is 5.39 Å². The SMILES string of the molecule is Cc1c(C(=O)O[C@H]2CCCCC2=O)sc2nc3n(c(=O)c12)CCC3. The minimum atomic E-state index is -0.644. The maximum absolute atomic E-state index is 12.6. The van der Waals surface area contributed by atoms with Gasteiger partial charge in [0.2, 0.25) is 0 Å². The number of carbonyl (C=O) groups is 2. The predicted octanol–water partition coefficient (Wildman–Crippen LogP) is 2.38. The highest BCUT2D eigenvalue weighted by Gasteiger charge is 2.29. The Morgan fingerprint density at radius 3 is 2.88 bits per heavy atom. The molecule has 126 valence electrons. The maximum Gasteiger partial charge on any atom is 0.349 e. The summed E-state index contributed by atoms with van der Waals surface area (Å²) >= 11 is 1.19. The van der Waals surface area contributed by atoms with E-state index >= 15 is 0 Å². The highest BCUT2D eigenvalue weighted by Crippen LogP contribution is 2.30. The van der Waals surface area contributed by atoms with Crippen LogP contribution in [0.2, 0.25) is 0 Å². The van der Waals surface area contributed by atoms with Crippen molar-refractivity contribution >= 4 is 33.3 Å². The van der Waals surface area contributed by atoms with E-state index in [-0.39, 0.29) is 11.3 Å². The number of hydrogen-bond donors (Lipinski definition) is 0. The van der Waals surface area contributed by atoms with Crippen LogP contribution in [0.15, 0.2) is 4.79 Å². The lowest BCUT2D eigenvalue weighted by Crippen LogP contribution is -2.30. The molecule has 0 radical (unpaired) electrons. The molecule has 2 aromatic rings. The Balaban J connectivity index is 1.71. The van der Waals surface area contributed by atoms with Crippen molar-refractivity contribution in [3.05, 3.63) is 26.6 Å². The van der Waals surface area contributed by atoms with E-state index in [1.54, 1.807) is 11.5 Å². The largest absolute Gasteiger partial charge is 0.450 e. The molecule has 1 fully saturated rings. The third-order valence-corrected chi connectivity index (χ3v) is 6.01. The molecule has 6 nitrogen and oxygen atoms in total. The van der Waals surface area contributed by atoms with Crippen molar-refractivity contribution in [1.29, 1.82) is 0 Å². The molecular formula is C17H18N2O4S. The van der Waals surface area contributed by atoms with Crippen molar-refractivity contribution in [3.8, 4) is 0 Å². The number of hydrogen-bond acceptors (Lipinski definition) is 6. The molecule has 0 spiro atoms. The molecule has 0 N–H and O–H groups in total. The minimum Gasteiger partial charge on any atom is -0.450 e. The Morgan fingerprint density at radius 2 is 2.08 bits per heavy atom. The van der Waals surface area contributed by atoms with Gasteiger partial charge in [-0.2, -0.15) is 0 Å². The third-order valence-electron chi connectivity index (χ3n) is 4.84. The Labute approximate surface area is 142 Å². The highest BCUT2D eigenvalue weighted by atomic mass is 32.1. The van der Waals surface area contributed by atoms with Crippen molar-refractivity contribution < 1.29 is 14.3 Å². The van der Waals surface area contributed by atoms with Gasteiger partial charge >= 0.3 is 5.97 Å². The van der Waals surface area contributed by atoms with Gasteiger partial charge in [-0.1, -0.05) is 0 Å². The van der Waals surface area contributed by atoms with Crippen LogP contribution in [0.3, 0.4) is 0 Å². The number of ketones is 1. The summed E-state index contributed by atoms with van der Waals surface area (Å²) in [5.74, 6) is 0.266. The van der Waals surface area contributed by atoms with Crippen LogP contribution in [0.1, 0.15) is 53.2 Å². The number of Topliss-reactive ketones (excluding diaryl/α,β-unsaturated/α-hetero) is 1. The lowest BCUT2D eigenvalue weighted by Gasteiger charge is -2.20. The molecule has 2 aliphatic rings. The van der Waals surface area contributed by atoms with Crippen LogP contribution in [-0.2, 0) is 22.5 Å². The summed E-state index contributed by atoms with van der Waals surface area (Å²) in [6, 6.07) is 0. The fourth-order valence-electron chi connectivity index (χ4n) is 3.53. The summed E-state index contributed by atoms with van der Waals surface area (Å²) in [5.41, 5.74) is 0.539. The van der Waals surface area contributed by atoms with Crippen LogP contribution in [0, 0.1) is 6.92 Å². The summed E-state index contributed by atoms with van der Waals surface area (Å²) in [6.45, 7) is 2.44. The first kappa shape index (κ1) is 15.5. The van der Waals surface area contributed by atoms with E-state index in [2.05, 4.69) is 4.98 Å². The summed E-state index contributed by atoms with van der Waals surface area (Å²) < 4.78 is 7.12. The Kier molecular flexibility index (Phi) is 3.75. The standard InChI is InChI=1S/C17H18N2O4S/c1-9-13-15(18-12-7-4-8-19(12)16(13)21)24-14(9)17(22)23-11-6-3-2-5-10(11)20/h11H,2-8H2,1H3/t11-/m0/s1. The van der Waals surface area contributed by atoms with Gasteiger partial charge in [-0.15, -0.1) is 11.3 Å². The third kappa shape index (κ3) is 2.38. The number of carbonyl (C=O) groups excluding carboxylic acids is 2. The van der Waals surface area contributed by atoms with Crippen molar-refractivity contribution in [2.24, 2.45) is 0 Å². The number of nitrogens with zero attached hydrogens (tertiary/aromatic N) is 2. The molecule has 1 saturated carbocycles. The van der Waals surface area contributed by atoms with Gasteiger partial charge in [-0.3, -0.25) is 14.2 Å². The first-order chi connectivity index (χ1) is 11.6.